The molecular formula is C12H14N2O. The first kappa shape index (κ1) is 10.0. The quantitative estimate of drug-likeness (QED) is 0.642. The first-order valence-electron chi connectivity index (χ1n) is 5.04. The molecule has 0 bridgehead atoms. The minimum atomic E-state index is -0.343. The highest BCUT2D eigenvalue weighted by atomic mass is 16.1. The van der Waals surface area contributed by atoms with Crippen LogP contribution in [-0.4, -0.2) is 5.78 Å². The molecule has 1 aliphatic heterocycles. The summed E-state index contributed by atoms with van der Waals surface area (Å²) in [5.41, 5.74) is 2.32. The lowest BCUT2D eigenvalue weighted by atomic mass is 9.86. The Balaban J connectivity index is 2.39. The van der Waals surface area contributed by atoms with E-state index >= 15 is 0 Å². The van der Waals surface area contributed by atoms with E-state index in [0.29, 0.717) is 6.54 Å². The highest BCUT2D eigenvalue weighted by molar-refractivity contribution is 6.00. The van der Waals surface area contributed by atoms with Gasteiger partial charge in [0.15, 0.2) is 5.78 Å². The van der Waals surface area contributed by atoms with Crippen molar-refractivity contribution < 1.29 is 4.79 Å². The molecule has 3 heteroatoms. The highest BCUT2D eigenvalue weighted by Gasteiger charge is 2.23. The van der Waals surface area contributed by atoms with Gasteiger partial charge in [-0.1, -0.05) is 32.9 Å². The van der Waals surface area contributed by atoms with Crippen molar-refractivity contribution in [1.82, 2.24) is 0 Å². The van der Waals surface area contributed by atoms with Crippen molar-refractivity contribution >= 4 is 11.5 Å². The summed E-state index contributed by atoms with van der Waals surface area (Å²) in [4.78, 5) is 12.0. The van der Waals surface area contributed by atoms with Crippen LogP contribution >= 0.6 is 0 Å². The fourth-order valence-electron chi connectivity index (χ4n) is 1.55. The van der Waals surface area contributed by atoms with Crippen LogP contribution in [0.25, 0.3) is 0 Å². The zero-order valence-corrected chi connectivity index (χ0v) is 9.24. The van der Waals surface area contributed by atoms with Gasteiger partial charge in [-0.15, -0.1) is 0 Å². The molecule has 0 spiro atoms. The number of carbonyl (C=O) groups is 1. The third-order valence-electron chi connectivity index (χ3n) is 2.45. The Morgan fingerprint density at radius 2 is 2.07 bits per heavy atom. The second-order valence-corrected chi connectivity index (χ2v) is 4.82. The van der Waals surface area contributed by atoms with Gasteiger partial charge < -0.3 is 0 Å². The summed E-state index contributed by atoms with van der Waals surface area (Å²) in [5, 5.41) is 7.92. The summed E-state index contributed by atoms with van der Waals surface area (Å²) in [5.74, 6) is 0.146. The smallest absolute Gasteiger partial charge is 0.168 e. The van der Waals surface area contributed by atoms with Gasteiger partial charge in [0.05, 0.1) is 12.2 Å². The predicted octanol–water partition coefficient (Wildman–Crippen LogP) is 3.51. The molecule has 0 N–H and O–H groups in total. The highest BCUT2D eigenvalue weighted by Crippen LogP contribution is 2.30. The van der Waals surface area contributed by atoms with Crippen molar-refractivity contribution in [3.8, 4) is 0 Å². The third kappa shape index (κ3) is 1.82. The van der Waals surface area contributed by atoms with Gasteiger partial charge in [-0.25, -0.2) is 0 Å². The number of hydrogen-bond acceptors (Lipinski definition) is 3. The van der Waals surface area contributed by atoms with Crippen molar-refractivity contribution in [3.05, 3.63) is 29.3 Å². The fraction of sp³-hybridized carbons (Fsp3) is 0.417. The molecule has 0 aromatic heterocycles. The first-order valence-corrected chi connectivity index (χ1v) is 5.04. The molecule has 0 radical (unpaired) electrons. The maximum Gasteiger partial charge on any atom is 0.168 e. The Morgan fingerprint density at radius 1 is 1.33 bits per heavy atom. The van der Waals surface area contributed by atoms with Crippen LogP contribution in [0.1, 0.15) is 36.7 Å². The SMILES string of the molecule is CC(C)(C)C(=O)c1ccc2c(c1)N=NC2. The molecule has 3 nitrogen and oxygen atoms in total. The van der Waals surface area contributed by atoms with Crippen molar-refractivity contribution in [2.75, 3.05) is 0 Å². The van der Waals surface area contributed by atoms with Crippen LogP contribution in [0.5, 0.6) is 0 Å². The minimum absolute atomic E-state index is 0.146. The Kier molecular flexibility index (Phi) is 2.18. The lowest BCUT2D eigenvalue weighted by Crippen LogP contribution is -2.20. The Morgan fingerprint density at radius 3 is 2.73 bits per heavy atom. The van der Waals surface area contributed by atoms with E-state index < -0.39 is 0 Å². The van der Waals surface area contributed by atoms with E-state index in [2.05, 4.69) is 10.2 Å². The molecule has 1 aromatic rings. The van der Waals surface area contributed by atoms with E-state index in [1.165, 1.54) is 0 Å². The summed E-state index contributed by atoms with van der Waals surface area (Å²) in [6.45, 7) is 6.40. The molecule has 0 amide bonds. The number of Topliss-reactive ketones (excluding diaryl/α,β-unsaturated/α-hetero) is 1. The molecule has 1 heterocycles. The van der Waals surface area contributed by atoms with Crippen molar-refractivity contribution in [2.24, 2.45) is 15.6 Å². The molecule has 1 aliphatic rings. The number of fused-ring (bicyclic) bond motifs is 1. The number of hydrogen-bond donors (Lipinski definition) is 0. The van der Waals surface area contributed by atoms with Crippen LogP contribution in [0.2, 0.25) is 0 Å². The molecule has 0 aliphatic carbocycles. The van der Waals surface area contributed by atoms with Crippen LogP contribution in [0.15, 0.2) is 28.4 Å². The molecule has 0 saturated carbocycles. The van der Waals surface area contributed by atoms with Gasteiger partial charge in [-0.2, -0.15) is 10.2 Å². The normalized spacial score (nSPS) is 14.1. The standard InChI is InChI=1S/C12H14N2O/c1-12(2,3)11(15)8-4-5-9-7-13-14-10(9)6-8/h4-6H,7H2,1-3H3. The number of carbonyl (C=O) groups excluding carboxylic acids is 1. The Labute approximate surface area is 89.2 Å². The van der Waals surface area contributed by atoms with Crippen LogP contribution in [0.3, 0.4) is 0 Å². The summed E-state index contributed by atoms with van der Waals surface area (Å²) >= 11 is 0. The van der Waals surface area contributed by atoms with Gasteiger partial charge >= 0.3 is 0 Å². The Hall–Kier alpha value is -1.51. The van der Waals surface area contributed by atoms with Crippen LogP contribution in [-0.2, 0) is 6.54 Å². The molecule has 15 heavy (non-hydrogen) atoms. The van der Waals surface area contributed by atoms with E-state index in [0.717, 1.165) is 16.8 Å². The lowest BCUT2D eigenvalue weighted by molar-refractivity contribution is 0.0858. The largest absolute Gasteiger partial charge is 0.294 e. The van der Waals surface area contributed by atoms with E-state index in [1.54, 1.807) is 0 Å². The second kappa shape index (κ2) is 3.26. The maximum absolute atomic E-state index is 12.0. The van der Waals surface area contributed by atoms with Gasteiger partial charge in [0.1, 0.15) is 0 Å². The van der Waals surface area contributed by atoms with Gasteiger partial charge in [0.25, 0.3) is 0 Å². The van der Waals surface area contributed by atoms with E-state index in [-0.39, 0.29) is 11.2 Å². The topological polar surface area (TPSA) is 41.8 Å². The number of ketones is 1. The molecule has 0 fully saturated rings. The van der Waals surface area contributed by atoms with E-state index in [4.69, 9.17) is 0 Å². The third-order valence-corrected chi connectivity index (χ3v) is 2.45. The van der Waals surface area contributed by atoms with Gasteiger partial charge in [-0.3, -0.25) is 4.79 Å². The van der Waals surface area contributed by atoms with Crippen molar-refractivity contribution in [2.45, 2.75) is 27.3 Å². The van der Waals surface area contributed by atoms with Crippen LogP contribution < -0.4 is 0 Å². The number of benzene rings is 1. The fourth-order valence-corrected chi connectivity index (χ4v) is 1.55. The molecule has 78 valence electrons. The average Bonchev–Trinajstić information content (AvgIpc) is 2.61. The van der Waals surface area contributed by atoms with E-state index in [1.807, 2.05) is 39.0 Å². The molecular weight excluding hydrogens is 188 g/mol. The zero-order valence-electron chi connectivity index (χ0n) is 9.24. The van der Waals surface area contributed by atoms with E-state index in [9.17, 15) is 4.79 Å². The Bertz CT molecular complexity index is 441. The summed E-state index contributed by atoms with van der Waals surface area (Å²) in [6.07, 6.45) is 0. The van der Waals surface area contributed by atoms with Gasteiger partial charge in [0, 0.05) is 16.5 Å². The summed E-state index contributed by atoms with van der Waals surface area (Å²) < 4.78 is 0. The lowest BCUT2D eigenvalue weighted by Gasteiger charge is -2.16. The minimum Gasteiger partial charge on any atom is -0.294 e. The average molecular weight is 202 g/mol. The number of nitrogens with zero attached hydrogens (tertiary/aromatic N) is 2. The van der Waals surface area contributed by atoms with Gasteiger partial charge in [0.2, 0.25) is 0 Å². The molecule has 1 aromatic carbocycles. The molecule has 0 atom stereocenters. The first-order chi connectivity index (χ1) is 6.98. The summed E-state index contributed by atoms with van der Waals surface area (Å²) in [7, 11) is 0. The predicted molar refractivity (Wildman–Crippen MR) is 58.4 cm³/mol. The van der Waals surface area contributed by atoms with Crippen molar-refractivity contribution in [3.63, 3.8) is 0 Å². The maximum atomic E-state index is 12.0. The number of rotatable bonds is 1. The van der Waals surface area contributed by atoms with Crippen LogP contribution in [0, 0.1) is 5.41 Å². The number of azo groups is 1. The van der Waals surface area contributed by atoms with Gasteiger partial charge in [-0.05, 0) is 6.07 Å². The monoisotopic (exact) mass is 202 g/mol. The molecule has 0 saturated heterocycles. The second-order valence-electron chi connectivity index (χ2n) is 4.82. The van der Waals surface area contributed by atoms with Crippen LogP contribution in [0.4, 0.5) is 5.69 Å². The van der Waals surface area contributed by atoms with Crippen molar-refractivity contribution in [1.29, 1.82) is 0 Å². The molecule has 0 unspecified atom stereocenters. The summed E-state index contributed by atoms with van der Waals surface area (Å²) in [6, 6.07) is 5.64. The zero-order chi connectivity index (χ0) is 11.1. The molecule has 2 rings (SSSR count).